The molecule has 2 heterocycles. The van der Waals surface area contributed by atoms with Crippen LogP contribution in [0.4, 0.5) is 10.5 Å². The first-order valence-corrected chi connectivity index (χ1v) is 6.04. The number of amides is 3. The summed E-state index contributed by atoms with van der Waals surface area (Å²) >= 11 is 0. The number of aryl methyl sites for hydroxylation is 2. The maximum Gasteiger partial charge on any atom is 0.312 e. The van der Waals surface area contributed by atoms with Gasteiger partial charge in [-0.25, -0.2) is 9.78 Å². The zero-order valence-electron chi connectivity index (χ0n) is 11.5. The van der Waals surface area contributed by atoms with Gasteiger partial charge < -0.3 is 16.4 Å². The van der Waals surface area contributed by atoms with Crippen LogP contribution in [-0.2, 0) is 11.8 Å². The number of nitrogens with zero attached hydrogens (tertiary/aromatic N) is 3. The van der Waals surface area contributed by atoms with Gasteiger partial charge in [0.25, 0.3) is 0 Å². The molecular formula is C12H16N6O2. The maximum atomic E-state index is 11.8. The van der Waals surface area contributed by atoms with Gasteiger partial charge in [0.2, 0.25) is 5.91 Å². The number of hydrogen-bond acceptors (Lipinski definition) is 4. The van der Waals surface area contributed by atoms with Gasteiger partial charge >= 0.3 is 6.03 Å². The molecule has 3 amide bonds. The van der Waals surface area contributed by atoms with E-state index in [4.69, 9.17) is 5.73 Å². The van der Waals surface area contributed by atoms with E-state index in [-0.39, 0.29) is 5.91 Å². The van der Waals surface area contributed by atoms with Crippen molar-refractivity contribution in [1.29, 1.82) is 0 Å². The monoisotopic (exact) mass is 276 g/mol. The number of urea groups is 1. The molecule has 0 aliphatic carbocycles. The Hall–Kier alpha value is -2.64. The highest BCUT2D eigenvalue weighted by Crippen LogP contribution is 2.19. The fourth-order valence-corrected chi connectivity index (χ4v) is 1.91. The van der Waals surface area contributed by atoms with E-state index in [1.165, 1.54) is 0 Å². The molecule has 4 N–H and O–H groups in total. The van der Waals surface area contributed by atoms with Crippen molar-refractivity contribution in [3.8, 4) is 0 Å². The van der Waals surface area contributed by atoms with Gasteiger partial charge in [0.15, 0.2) is 5.65 Å². The van der Waals surface area contributed by atoms with Crippen LogP contribution in [-0.4, -0.2) is 32.7 Å². The summed E-state index contributed by atoms with van der Waals surface area (Å²) in [5.74, 6) is -0.369. The van der Waals surface area contributed by atoms with E-state index in [1.54, 1.807) is 30.9 Å². The van der Waals surface area contributed by atoms with Crippen LogP contribution >= 0.6 is 0 Å². The topological polar surface area (TPSA) is 115 Å². The minimum Gasteiger partial charge on any atom is -0.352 e. The second kappa shape index (κ2) is 5.16. The summed E-state index contributed by atoms with van der Waals surface area (Å²) in [6.45, 7) is 3.41. The van der Waals surface area contributed by atoms with Crippen LogP contribution in [0.15, 0.2) is 12.3 Å². The van der Waals surface area contributed by atoms with E-state index < -0.39 is 12.1 Å². The number of carbonyl (C=O) groups excluding carboxylic acids is 2. The molecule has 2 aromatic heterocycles. The average molecular weight is 276 g/mol. The first-order chi connectivity index (χ1) is 9.38. The molecule has 8 nitrogen and oxygen atoms in total. The summed E-state index contributed by atoms with van der Waals surface area (Å²) in [6.07, 6.45) is 1.54. The van der Waals surface area contributed by atoms with Crippen molar-refractivity contribution in [3.63, 3.8) is 0 Å². The van der Waals surface area contributed by atoms with Crippen LogP contribution in [0.3, 0.4) is 0 Å². The highest BCUT2D eigenvalue weighted by molar-refractivity contribution is 5.97. The Morgan fingerprint density at radius 1 is 1.45 bits per heavy atom. The number of carbonyl (C=O) groups is 2. The summed E-state index contributed by atoms with van der Waals surface area (Å²) in [4.78, 5) is 26.8. The molecule has 2 aromatic rings. The minimum absolute atomic E-state index is 0.369. The predicted molar refractivity (Wildman–Crippen MR) is 74.1 cm³/mol. The van der Waals surface area contributed by atoms with Crippen molar-refractivity contribution in [2.24, 2.45) is 12.8 Å². The largest absolute Gasteiger partial charge is 0.352 e. The molecular weight excluding hydrogens is 260 g/mol. The SMILES string of the molecule is Cc1nn(C)c2ncc(NC(=O)[C@@H](C)NC(N)=O)cc12. The molecule has 0 aromatic carbocycles. The van der Waals surface area contributed by atoms with E-state index >= 15 is 0 Å². The Morgan fingerprint density at radius 3 is 2.80 bits per heavy atom. The van der Waals surface area contributed by atoms with Crippen LogP contribution in [0, 0.1) is 6.92 Å². The van der Waals surface area contributed by atoms with Crippen LogP contribution in [0.25, 0.3) is 11.0 Å². The molecule has 0 spiro atoms. The van der Waals surface area contributed by atoms with Gasteiger partial charge in [0.05, 0.1) is 17.6 Å². The minimum atomic E-state index is -0.746. The molecule has 8 heteroatoms. The molecule has 0 bridgehead atoms. The molecule has 0 saturated heterocycles. The van der Waals surface area contributed by atoms with E-state index in [0.29, 0.717) is 5.69 Å². The predicted octanol–water partition coefficient (Wildman–Crippen LogP) is 0.272. The van der Waals surface area contributed by atoms with Crippen molar-refractivity contribution in [3.05, 3.63) is 18.0 Å². The lowest BCUT2D eigenvalue weighted by Gasteiger charge is -2.12. The lowest BCUT2D eigenvalue weighted by atomic mass is 10.2. The number of nitrogens with two attached hydrogens (primary N) is 1. The number of anilines is 1. The lowest BCUT2D eigenvalue weighted by Crippen LogP contribution is -2.44. The number of hydrogen-bond donors (Lipinski definition) is 3. The number of primary amides is 1. The molecule has 0 radical (unpaired) electrons. The van der Waals surface area contributed by atoms with Crippen molar-refractivity contribution in [1.82, 2.24) is 20.1 Å². The average Bonchev–Trinajstić information content (AvgIpc) is 2.64. The van der Waals surface area contributed by atoms with Crippen molar-refractivity contribution < 1.29 is 9.59 Å². The van der Waals surface area contributed by atoms with E-state index in [1.807, 2.05) is 6.92 Å². The van der Waals surface area contributed by atoms with Crippen molar-refractivity contribution in [2.75, 3.05) is 5.32 Å². The van der Waals surface area contributed by atoms with Crippen LogP contribution in [0.1, 0.15) is 12.6 Å². The van der Waals surface area contributed by atoms with Crippen LogP contribution in [0.2, 0.25) is 0 Å². The smallest absolute Gasteiger partial charge is 0.312 e. The Bertz CT molecular complexity index is 678. The standard InChI is InChI=1S/C12H16N6O2/c1-6-9-4-8(5-14-10(9)18(3)17-6)16-11(19)7(2)15-12(13)20/h4-5,7H,1-3H3,(H,16,19)(H3,13,15,20)/t7-/m1/s1. The van der Waals surface area contributed by atoms with Gasteiger partial charge in [-0.15, -0.1) is 0 Å². The molecule has 1 atom stereocenters. The number of aromatic nitrogens is 3. The van der Waals surface area contributed by atoms with Gasteiger partial charge in [-0.3, -0.25) is 9.48 Å². The van der Waals surface area contributed by atoms with Gasteiger partial charge in [0.1, 0.15) is 6.04 Å². The van der Waals surface area contributed by atoms with E-state index in [2.05, 4.69) is 20.7 Å². The molecule has 0 saturated carbocycles. The number of nitrogens with one attached hydrogen (secondary N) is 2. The lowest BCUT2D eigenvalue weighted by molar-refractivity contribution is -0.117. The Labute approximate surface area is 115 Å². The molecule has 2 rings (SSSR count). The van der Waals surface area contributed by atoms with Gasteiger partial charge in [-0.2, -0.15) is 5.10 Å². The first-order valence-electron chi connectivity index (χ1n) is 6.04. The Kier molecular flexibility index (Phi) is 3.55. The number of pyridine rings is 1. The fourth-order valence-electron chi connectivity index (χ4n) is 1.91. The van der Waals surface area contributed by atoms with Crippen LogP contribution < -0.4 is 16.4 Å². The summed E-state index contributed by atoms with van der Waals surface area (Å²) in [5, 5.41) is 10.1. The van der Waals surface area contributed by atoms with Crippen molar-refractivity contribution in [2.45, 2.75) is 19.9 Å². The van der Waals surface area contributed by atoms with Gasteiger partial charge in [-0.05, 0) is 19.9 Å². The highest BCUT2D eigenvalue weighted by atomic mass is 16.2. The molecule has 0 unspecified atom stereocenters. The zero-order chi connectivity index (χ0) is 14.9. The van der Waals surface area contributed by atoms with Crippen molar-refractivity contribution >= 4 is 28.7 Å². The molecule has 20 heavy (non-hydrogen) atoms. The quantitative estimate of drug-likeness (QED) is 0.746. The first kappa shape index (κ1) is 13.8. The molecule has 0 aliphatic rings. The van der Waals surface area contributed by atoms with Gasteiger partial charge in [-0.1, -0.05) is 0 Å². The molecule has 0 aliphatic heterocycles. The Balaban J connectivity index is 2.20. The summed E-state index contributed by atoms with van der Waals surface area (Å²) in [6, 6.07) is 0.321. The fraction of sp³-hybridized carbons (Fsp3) is 0.333. The normalized spacial score (nSPS) is 12.2. The highest BCUT2D eigenvalue weighted by Gasteiger charge is 2.15. The Morgan fingerprint density at radius 2 is 2.15 bits per heavy atom. The number of rotatable bonds is 3. The van der Waals surface area contributed by atoms with E-state index in [0.717, 1.165) is 16.7 Å². The second-order valence-electron chi connectivity index (χ2n) is 4.52. The van der Waals surface area contributed by atoms with Crippen LogP contribution in [0.5, 0.6) is 0 Å². The summed E-state index contributed by atoms with van der Waals surface area (Å²) in [5.41, 5.74) is 7.07. The third-order valence-corrected chi connectivity index (χ3v) is 2.88. The molecule has 0 fully saturated rings. The third kappa shape index (κ3) is 2.68. The molecule has 106 valence electrons. The number of fused-ring (bicyclic) bond motifs is 1. The second-order valence-corrected chi connectivity index (χ2v) is 4.52. The zero-order valence-corrected chi connectivity index (χ0v) is 11.5. The third-order valence-electron chi connectivity index (χ3n) is 2.88. The summed E-state index contributed by atoms with van der Waals surface area (Å²) in [7, 11) is 1.81. The van der Waals surface area contributed by atoms with Gasteiger partial charge in [0, 0.05) is 12.4 Å². The summed E-state index contributed by atoms with van der Waals surface area (Å²) < 4.78 is 1.67. The van der Waals surface area contributed by atoms with E-state index in [9.17, 15) is 9.59 Å². The maximum absolute atomic E-state index is 11.8.